The summed E-state index contributed by atoms with van der Waals surface area (Å²) in [6, 6.07) is 2.69. The van der Waals surface area contributed by atoms with Crippen molar-refractivity contribution in [3.8, 4) is 11.5 Å². The van der Waals surface area contributed by atoms with Crippen LogP contribution in [-0.2, 0) is 17.6 Å². The number of benzene rings is 1. The van der Waals surface area contributed by atoms with Crippen LogP contribution in [0.1, 0.15) is 37.6 Å². The molecule has 1 atom stereocenters. The highest BCUT2D eigenvalue weighted by molar-refractivity contribution is 7.99. The molecule has 11 nitrogen and oxygen atoms in total. The number of nitrogens with zero attached hydrogens (tertiary/aromatic N) is 5. The molecule has 0 fully saturated rings. The minimum Gasteiger partial charge on any atom is -0.491 e. The summed E-state index contributed by atoms with van der Waals surface area (Å²) in [4.78, 5) is 30.8. The molecule has 0 saturated heterocycles. The number of aryl methyl sites for hydroxylation is 1. The topological polar surface area (TPSA) is 134 Å². The highest BCUT2D eigenvalue weighted by atomic mass is 32.2. The Labute approximate surface area is 220 Å². The first-order valence-corrected chi connectivity index (χ1v) is 13.8. The third-order valence-corrected chi connectivity index (χ3v) is 8.24. The zero-order chi connectivity index (χ0) is 26.1. The first kappa shape index (κ1) is 25.2. The molecule has 1 unspecified atom stereocenters. The van der Waals surface area contributed by atoms with Gasteiger partial charge in [0.15, 0.2) is 16.6 Å². The molecule has 1 aliphatic carbocycles. The Morgan fingerprint density at radius 3 is 2.81 bits per heavy atom. The first-order chi connectivity index (χ1) is 17.9. The Bertz CT molecular complexity index is 1500. The Hall–Kier alpha value is -3.45. The van der Waals surface area contributed by atoms with E-state index in [0.29, 0.717) is 16.8 Å². The maximum absolute atomic E-state index is 12.8. The van der Waals surface area contributed by atoms with Crippen molar-refractivity contribution in [2.45, 2.75) is 45.2 Å². The molecule has 0 spiro atoms. The van der Waals surface area contributed by atoms with E-state index in [-0.39, 0.29) is 42.1 Å². The summed E-state index contributed by atoms with van der Waals surface area (Å²) in [7, 11) is 0. The van der Waals surface area contributed by atoms with Crippen molar-refractivity contribution in [2.24, 2.45) is 5.92 Å². The molecule has 0 bridgehead atoms. The highest BCUT2D eigenvalue weighted by Gasteiger charge is 2.25. The van der Waals surface area contributed by atoms with E-state index in [4.69, 9.17) is 9.47 Å². The molecular weight excluding hydrogens is 516 g/mol. The van der Waals surface area contributed by atoms with Gasteiger partial charge in [0.05, 0.1) is 41.0 Å². The lowest BCUT2D eigenvalue weighted by Crippen LogP contribution is -2.15. The molecule has 194 valence electrons. The number of thiophene rings is 1. The monoisotopic (exact) mass is 542 g/mol. The minimum absolute atomic E-state index is 0.0462. The van der Waals surface area contributed by atoms with E-state index in [1.807, 2.05) is 4.40 Å². The summed E-state index contributed by atoms with van der Waals surface area (Å²) >= 11 is 2.97. The fraction of sp³-hybridized carbons (Fsp3) is 0.417. The van der Waals surface area contributed by atoms with Gasteiger partial charge in [-0.2, -0.15) is 0 Å². The minimum atomic E-state index is -0.540. The van der Waals surface area contributed by atoms with Crippen LogP contribution in [0.15, 0.2) is 23.6 Å². The predicted molar refractivity (Wildman–Crippen MR) is 142 cm³/mol. The van der Waals surface area contributed by atoms with Crippen LogP contribution >= 0.6 is 23.1 Å². The van der Waals surface area contributed by atoms with E-state index in [2.05, 4.69) is 27.4 Å². The largest absolute Gasteiger partial charge is 0.491 e. The summed E-state index contributed by atoms with van der Waals surface area (Å²) < 4.78 is 12.8. The lowest BCUT2D eigenvalue weighted by Gasteiger charge is -2.17. The van der Waals surface area contributed by atoms with Crippen molar-refractivity contribution in [1.82, 2.24) is 19.6 Å². The zero-order valence-corrected chi connectivity index (χ0v) is 22.3. The van der Waals surface area contributed by atoms with Crippen LogP contribution in [0, 0.1) is 16.0 Å². The van der Waals surface area contributed by atoms with Gasteiger partial charge < -0.3 is 14.8 Å². The van der Waals surface area contributed by atoms with E-state index in [0.717, 1.165) is 35.1 Å². The van der Waals surface area contributed by atoms with Gasteiger partial charge in [0.25, 0.3) is 0 Å². The van der Waals surface area contributed by atoms with Gasteiger partial charge in [0, 0.05) is 10.9 Å². The number of nitro groups is 1. The van der Waals surface area contributed by atoms with Crippen molar-refractivity contribution in [3.63, 3.8) is 0 Å². The Morgan fingerprint density at radius 1 is 1.27 bits per heavy atom. The molecule has 37 heavy (non-hydrogen) atoms. The second-order valence-electron chi connectivity index (χ2n) is 8.73. The summed E-state index contributed by atoms with van der Waals surface area (Å²) in [5.74, 6) is 0.653. The maximum Gasteiger partial charge on any atom is 0.314 e. The number of ether oxygens (including phenoxy) is 2. The number of carbonyl (C=O) groups is 1. The standard InChI is InChI=1S/C24H26N6O5S2/c1-4-34-17-10-16(30(32)33)18(35-5-2)9-15(17)26-20(31)11-36-24-28-27-22-21-14-7-6-13(3)8-19(14)37-23(21)25-12-29(22)24/h9-10,12-13H,4-8,11H2,1-3H3,(H,26,31). The van der Waals surface area contributed by atoms with Gasteiger partial charge in [-0.05, 0) is 44.6 Å². The van der Waals surface area contributed by atoms with Crippen LogP contribution < -0.4 is 14.8 Å². The average molecular weight is 543 g/mol. The van der Waals surface area contributed by atoms with Crippen LogP contribution in [0.4, 0.5) is 11.4 Å². The van der Waals surface area contributed by atoms with Crippen LogP contribution in [-0.4, -0.2) is 49.4 Å². The van der Waals surface area contributed by atoms with Crippen molar-refractivity contribution >= 4 is 56.2 Å². The fourth-order valence-corrected chi connectivity index (χ4v) is 6.52. The van der Waals surface area contributed by atoms with Gasteiger partial charge in [-0.1, -0.05) is 18.7 Å². The number of carbonyl (C=O) groups excluding carboxylic acids is 1. The molecule has 1 N–H and O–H groups in total. The number of thioether (sulfide) groups is 1. The number of hydrogen-bond donors (Lipinski definition) is 1. The number of aromatic nitrogens is 4. The Balaban J connectivity index is 1.36. The first-order valence-electron chi connectivity index (χ1n) is 12.0. The molecule has 1 aliphatic rings. The molecule has 0 saturated carbocycles. The number of nitro benzene ring substituents is 1. The Kier molecular flexibility index (Phi) is 7.15. The molecule has 13 heteroatoms. The van der Waals surface area contributed by atoms with Crippen molar-refractivity contribution in [2.75, 3.05) is 24.3 Å². The average Bonchev–Trinajstić information content (AvgIpc) is 3.44. The second-order valence-corrected chi connectivity index (χ2v) is 10.8. The maximum atomic E-state index is 12.8. The molecule has 4 aromatic rings. The summed E-state index contributed by atoms with van der Waals surface area (Å²) in [5, 5.41) is 24.6. The van der Waals surface area contributed by atoms with Crippen LogP contribution in [0.5, 0.6) is 11.5 Å². The number of amides is 1. The number of rotatable bonds is 9. The molecule has 5 rings (SSSR count). The highest BCUT2D eigenvalue weighted by Crippen LogP contribution is 2.40. The number of fused-ring (bicyclic) bond motifs is 5. The third kappa shape index (κ3) is 4.92. The quantitative estimate of drug-likeness (QED) is 0.178. The van der Waals surface area contributed by atoms with E-state index >= 15 is 0 Å². The summed E-state index contributed by atoms with van der Waals surface area (Å²) in [5.41, 5.74) is 2.16. The van der Waals surface area contributed by atoms with Gasteiger partial charge in [0.2, 0.25) is 5.91 Å². The van der Waals surface area contributed by atoms with Crippen LogP contribution in [0.2, 0.25) is 0 Å². The van der Waals surface area contributed by atoms with Gasteiger partial charge in [0.1, 0.15) is 16.9 Å². The van der Waals surface area contributed by atoms with E-state index in [1.165, 1.54) is 34.3 Å². The van der Waals surface area contributed by atoms with Gasteiger partial charge >= 0.3 is 5.69 Å². The molecule has 0 aliphatic heterocycles. The Morgan fingerprint density at radius 2 is 2.05 bits per heavy atom. The summed E-state index contributed by atoms with van der Waals surface area (Å²) in [6.45, 7) is 6.29. The zero-order valence-electron chi connectivity index (χ0n) is 20.6. The fourth-order valence-electron chi connectivity index (χ4n) is 4.47. The van der Waals surface area contributed by atoms with Crippen molar-refractivity contribution in [3.05, 3.63) is 39.0 Å². The van der Waals surface area contributed by atoms with E-state index < -0.39 is 4.92 Å². The second kappa shape index (κ2) is 10.5. The lowest BCUT2D eigenvalue weighted by molar-refractivity contribution is -0.385. The third-order valence-electron chi connectivity index (χ3n) is 6.14. The van der Waals surface area contributed by atoms with Crippen LogP contribution in [0.25, 0.3) is 15.9 Å². The lowest BCUT2D eigenvalue weighted by atomic mass is 9.89. The molecule has 1 amide bonds. The van der Waals surface area contributed by atoms with Crippen LogP contribution in [0.3, 0.4) is 0 Å². The predicted octanol–water partition coefficient (Wildman–Crippen LogP) is 4.90. The van der Waals surface area contributed by atoms with Crippen molar-refractivity contribution in [1.29, 1.82) is 0 Å². The molecule has 0 radical (unpaired) electrons. The number of hydrogen-bond acceptors (Lipinski definition) is 10. The van der Waals surface area contributed by atoms with Gasteiger partial charge in [-0.3, -0.25) is 19.3 Å². The molecular formula is C24H26N6O5S2. The van der Waals surface area contributed by atoms with Gasteiger partial charge in [-0.15, -0.1) is 21.5 Å². The number of nitrogens with one attached hydrogen (secondary N) is 1. The molecule has 1 aromatic carbocycles. The van der Waals surface area contributed by atoms with E-state index in [1.54, 1.807) is 31.5 Å². The smallest absolute Gasteiger partial charge is 0.314 e. The SMILES string of the molecule is CCOc1cc([N+](=O)[O-])c(OCC)cc1NC(=O)CSc1nnc2c3c4c(sc3ncn12)CC(C)CC4. The number of anilines is 1. The summed E-state index contributed by atoms with van der Waals surface area (Å²) in [6.07, 6.45) is 4.93. The normalized spacial score (nSPS) is 15.1. The molecule has 3 heterocycles. The molecule has 3 aromatic heterocycles. The van der Waals surface area contributed by atoms with Gasteiger partial charge in [-0.25, -0.2) is 4.98 Å². The van der Waals surface area contributed by atoms with Crippen molar-refractivity contribution < 1.29 is 19.2 Å². The van der Waals surface area contributed by atoms with E-state index in [9.17, 15) is 14.9 Å².